The van der Waals surface area contributed by atoms with E-state index in [1.165, 1.54) is 7.11 Å². The third-order valence-corrected chi connectivity index (χ3v) is 2.93. The van der Waals surface area contributed by atoms with Gasteiger partial charge in [-0.2, -0.15) is 0 Å². The quantitative estimate of drug-likeness (QED) is 0.657. The normalized spacial score (nSPS) is 10.1. The zero-order valence-corrected chi connectivity index (χ0v) is 10.9. The number of carbonyl (C=O) groups is 2. The van der Waals surface area contributed by atoms with Gasteiger partial charge in [-0.05, 0) is 23.3 Å². The van der Waals surface area contributed by atoms with Crippen LogP contribution in [0.4, 0.5) is 5.69 Å². The summed E-state index contributed by atoms with van der Waals surface area (Å²) in [6.45, 7) is 0. The van der Waals surface area contributed by atoms with Crippen LogP contribution >= 0.6 is 0 Å². The zero-order chi connectivity index (χ0) is 14.7. The Kier molecular flexibility index (Phi) is 3.70. The molecule has 4 N–H and O–H groups in total. The maximum Gasteiger partial charge on any atom is 0.338 e. The van der Waals surface area contributed by atoms with Crippen LogP contribution in [0.5, 0.6) is 0 Å². The van der Waals surface area contributed by atoms with Crippen molar-refractivity contribution in [2.75, 3.05) is 12.8 Å². The van der Waals surface area contributed by atoms with Crippen LogP contribution in [0.2, 0.25) is 0 Å². The first-order valence-electron chi connectivity index (χ1n) is 5.91. The van der Waals surface area contributed by atoms with Crippen LogP contribution in [0.15, 0.2) is 42.5 Å². The van der Waals surface area contributed by atoms with Gasteiger partial charge in [0.05, 0.1) is 18.2 Å². The predicted octanol–water partition coefficient (Wildman–Crippen LogP) is 1.82. The van der Waals surface area contributed by atoms with Gasteiger partial charge in [0.25, 0.3) is 5.91 Å². The van der Waals surface area contributed by atoms with E-state index in [0.717, 1.165) is 5.56 Å². The lowest BCUT2D eigenvalue weighted by Gasteiger charge is -2.11. The number of carbonyl (C=O) groups excluding carboxylic acids is 2. The Balaban J connectivity index is 2.67. The van der Waals surface area contributed by atoms with Gasteiger partial charge < -0.3 is 16.2 Å². The molecule has 5 heteroatoms. The van der Waals surface area contributed by atoms with E-state index < -0.39 is 11.9 Å². The second-order valence-electron chi connectivity index (χ2n) is 4.21. The molecule has 5 nitrogen and oxygen atoms in total. The summed E-state index contributed by atoms with van der Waals surface area (Å²) in [5, 5.41) is 0. The van der Waals surface area contributed by atoms with Crippen molar-refractivity contribution in [3.63, 3.8) is 0 Å². The second kappa shape index (κ2) is 5.44. The van der Waals surface area contributed by atoms with E-state index in [4.69, 9.17) is 11.5 Å². The van der Waals surface area contributed by atoms with Crippen molar-refractivity contribution < 1.29 is 14.3 Å². The van der Waals surface area contributed by atoms with Crippen molar-refractivity contribution >= 4 is 17.6 Å². The number of nitrogens with two attached hydrogens (primary N) is 2. The topological polar surface area (TPSA) is 95.4 Å². The van der Waals surface area contributed by atoms with Crippen molar-refractivity contribution in [3.8, 4) is 11.1 Å². The molecule has 0 aromatic heterocycles. The van der Waals surface area contributed by atoms with Gasteiger partial charge >= 0.3 is 5.97 Å². The van der Waals surface area contributed by atoms with Gasteiger partial charge in [-0.3, -0.25) is 4.79 Å². The monoisotopic (exact) mass is 270 g/mol. The first kappa shape index (κ1) is 13.6. The van der Waals surface area contributed by atoms with Crippen molar-refractivity contribution in [3.05, 3.63) is 53.6 Å². The fraction of sp³-hybridized carbons (Fsp3) is 0.0667. The molecule has 0 fully saturated rings. The summed E-state index contributed by atoms with van der Waals surface area (Å²) in [6, 6.07) is 12.5. The van der Waals surface area contributed by atoms with Crippen molar-refractivity contribution in [2.45, 2.75) is 0 Å². The van der Waals surface area contributed by atoms with Crippen LogP contribution in [0.1, 0.15) is 20.7 Å². The minimum absolute atomic E-state index is 0.0171. The molecular weight excluding hydrogens is 256 g/mol. The van der Waals surface area contributed by atoms with E-state index in [1.807, 2.05) is 30.3 Å². The van der Waals surface area contributed by atoms with Crippen LogP contribution in [-0.2, 0) is 4.74 Å². The molecule has 102 valence electrons. The van der Waals surface area contributed by atoms with E-state index in [2.05, 4.69) is 4.74 Å². The molecule has 0 heterocycles. The molecule has 0 aliphatic heterocycles. The number of esters is 1. The molecule has 0 atom stereocenters. The molecule has 0 bridgehead atoms. The van der Waals surface area contributed by atoms with Crippen LogP contribution in [0.25, 0.3) is 11.1 Å². The first-order valence-corrected chi connectivity index (χ1v) is 5.91. The van der Waals surface area contributed by atoms with Gasteiger partial charge in [0, 0.05) is 5.69 Å². The molecule has 2 rings (SSSR count). The number of nitrogen functional groups attached to an aromatic ring is 1. The second-order valence-corrected chi connectivity index (χ2v) is 4.21. The van der Waals surface area contributed by atoms with Gasteiger partial charge in [-0.1, -0.05) is 30.3 Å². The van der Waals surface area contributed by atoms with E-state index in [0.29, 0.717) is 5.56 Å². The van der Waals surface area contributed by atoms with Crippen molar-refractivity contribution in [2.24, 2.45) is 5.73 Å². The fourth-order valence-electron chi connectivity index (χ4n) is 2.01. The minimum atomic E-state index is -0.762. The number of ether oxygens (including phenoxy) is 1. The van der Waals surface area contributed by atoms with Crippen LogP contribution < -0.4 is 11.5 Å². The predicted molar refractivity (Wildman–Crippen MR) is 76.1 cm³/mol. The number of anilines is 1. The molecule has 0 aliphatic rings. The van der Waals surface area contributed by atoms with Gasteiger partial charge in [-0.15, -0.1) is 0 Å². The molecule has 0 spiro atoms. The molecule has 0 saturated carbocycles. The van der Waals surface area contributed by atoms with Gasteiger partial charge in [0.2, 0.25) is 0 Å². The standard InChI is InChI=1S/C15H14N2O3/c1-20-15(19)11-7-10(9-5-3-2-4-6-9)8-12(16)13(11)14(17)18/h2-8H,16H2,1H3,(H2,17,18). The van der Waals surface area contributed by atoms with E-state index in [9.17, 15) is 9.59 Å². The van der Waals surface area contributed by atoms with Gasteiger partial charge in [0.1, 0.15) is 0 Å². The Morgan fingerprint density at radius 1 is 1.05 bits per heavy atom. The smallest absolute Gasteiger partial charge is 0.338 e. The van der Waals surface area contributed by atoms with Crippen LogP contribution in [0, 0.1) is 0 Å². The summed E-state index contributed by atoms with van der Waals surface area (Å²) >= 11 is 0. The largest absolute Gasteiger partial charge is 0.465 e. The number of benzene rings is 2. The van der Waals surface area contributed by atoms with E-state index >= 15 is 0 Å². The van der Waals surface area contributed by atoms with Crippen LogP contribution in [-0.4, -0.2) is 19.0 Å². The highest BCUT2D eigenvalue weighted by Gasteiger charge is 2.20. The molecular formula is C15H14N2O3. The average Bonchev–Trinajstić information content (AvgIpc) is 2.46. The fourth-order valence-corrected chi connectivity index (χ4v) is 2.01. The number of methoxy groups -OCH3 is 1. The molecule has 2 aromatic rings. The molecule has 0 radical (unpaired) electrons. The lowest BCUT2D eigenvalue weighted by atomic mass is 9.97. The highest BCUT2D eigenvalue weighted by atomic mass is 16.5. The van der Waals surface area contributed by atoms with Crippen molar-refractivity contribution in [1.82, 2.24) is 0 Å². The van der Waals surface area contributed by atoms with E-state index in [-0.39, 0.29) is 16.8 Å². The summed E-state index contributed by atoms with van der Waals surface area (Å²) in [5.74, 6) is -1.41. The maximum atomic E-state index is 11.8. The molecule has 1 amide bonds. The number of primary amides is 1. The first-order chi connectivity index (χ1) is 9.54. The zero-order valence-electron chi connectivity index (χ0n) is 10.9. The Bertz CT molecular complexity index is 666. The molecule has 0 saturated heterocycles. The molecule has 0 aliphatic carbocycles. The number of hydrogen-bond acceptors (Lipinski definition) is 4. The third-order valence-electron chi connectivity index (χ3n) is 2.93. The maximum absolute atomic E-state index is 11.8. The Morgan fingerprint density at radius 3 is 2.25 bits per heavy atom. The van der Waals surface area contributed by atoms with E-state index in [1.54, 1.807) is 12.1 Å². The number of amides is 1. The Hall–Kier alpha value is -2.82. The Labute approximate surface area is 116 Å². The lowest BCUT2D eigenvalue weighted by molar-refractivity contribution is 0.0597. The average molecular weight is 270 g/mol. The van der Waals surface area contributed by atoms with Gasteiger partial charge in [0.15, 0.2) is 0 Å². The third kappa shape index (κ3) is 2.47. The minimum Gasteiger partial charge on any atom is -0.465 e. The summed E-state index contributed by atoms with van der Waals surface area (Å²) in [6.07, 6.45) is 0. The summed E-state index contributed by atoms with van der Waals surface area (Å²) in [5.41, 5.74) is 12.9. The summed E-state index contributed by atoms with van der Waals surface area (Å²) < 4.78 is 4.67. The van der Waals surface area contributed by atoms with Gasteiger partial charge in [-0.25, -0.2) is 4.79 Å². The van der Waals surface area contributed by atoms with Crippen molar-refractivity contribution in [1.29, 1.82) is 0 Å². The molecule has 2 aromatic carbocycles. The lowest BCUT2D eigenvalue weighted by Crippen LogP contribution is -2.19. The summed E-state index contributed by atoms with van der Waals surface area (Å²) in [4.78, 5) is 23.2. The highest BCUT2D eigenvalue weighted by molar-refractivity contribution is 6.09. The van der Waals surface area contributed by atoms with Crippen LogP contribution in [0.3, 0.4) is 0 Å². The summed E-state index contributed by atoms with van der Waals surface area (Å²) in [7, 11) is 1.23. The SMILES string of the molecule is COC(=O)c1cc(-c2ccccc2)cc(N)c1C(N)=O. The molecule has 20 heavy (non-hydrogen) atoms. The highest BCUT2D eigenvalue weighted by Crippen LogP contribution is 2.27. The molecule has 0 unspecified atom stereocenters. The number of rotatable bonds is 3. The Morgan fingerprint density at radius 2 is 1.70 bits per heavy atom. The number of hydrogen-bond donors (Lipinski definition) is 2.